The van der Waals surface area contributed by atoms with Gasteiger partial charge in [-0.25, -0.2) is 9.50 Å². The standard InChI is InChI=1S/C11H12BrN5.3ClH/c1-14-5-3-2-4-8-6-15-11-10(13)9(12)7-16-17(8)11;;;/h6-7,14H,3,5,13H2,1H3;3*1H. The number of nitrogen functional groups attached to an aromatic ring is 1. The highest BCUT2D eigenvalue weighted by Gasteiger charge is 2.07. The first-order valence-corrected chi connectivity index (χ1v) is 5.94. The summed E-state index contributed by atoms with van der Waals surface area (Å²) in [7, 11) is 1.90. The topological polar surface area (TPSA) is 68.2 Å². The van der Waals surface area contributed by atoms with Gasteiger partial charge in [-0.3, -0.25) is 0 Å². The van der Waals surface area contributed by atoms with Crippen LogP contribution < -0.4 is 11.1 Å². The molecule has 2 aromatic rings. The molecule has 0 atom stereocenters. The summed E-state index contributed by atoms with van der Waals surface area (Å²) in [6.45, 7) is 0.866. The van der Waals surface area contributed by atoms with E-state index < -0.39 is 0 Å². The Morgan fingerprint density at radius 3 is 2.70 bits per heavy atom. The molecule has 0 unspecified atom stereocenters. The van der Waals surface area contributed by atoms with Crippen molar-refractivity contribution in [2.24, 2.45) is 0 Å². The third kappa shape index (κ3) is 4.69. The van der Waals surface area contributed by atoms with Gasteiger partial charge in [-0.05, 0) is 28.9 Å². The fraction of sp³-hybridized carbons (Fsp3) is 0.273. The van der Waals surface area contributed by atoms with Gasteiger partial charge in [0, 0.05) is 13.0 Å². The lowest BCUT2D eigenvalue weighted by Crippen LogP contribution is -2.06. The molecule has 2 aromatic heterocycles. The molecule has 9 heteroatoms. The predicted molar refractivity (Wildman–Crippen MR) is 92.3 cm³/mol. The SMILES string of the molecule is CNCCC#Cc1cnc2c(N)c(Br)cnn12.Cl.Cl.Cl. The minimum absolute atomic E-state index is 0. The molecule has 0 spiro atoms. The highest BCUT2D eigenvalue weighted by Crippen LogP contribution is 2.21. The Labute approximate surface area is 144 Å². The molecular formula is C11H15BrCl3N5. The van der Waals surface area contributed by atoms with Crippen LogP contribution in [0.5, 0.6) is 0 Å². The van der Waals surface area contributed by atoms with E-state index in [2.05, 4.69) is 43.2 Å². The normalized spacial score (nSPS) is 8.70. The van der Waals surface area contributed by atoms with Crippen molar-refractivity contribution in [3.05, 3.63) is 22.6 Å². The summed E-state index contributed by atoms with van der Waals surface area (Å²) in [5.74, 6) is 6.08. The van der Waals surface area contributed by atoms with Crippen LogP contribution in [0.2, 0.25) is 0 Å². The second-order valence-corrected chi connectivity index (χ2v) is 4.29. The lowest BCUT2D eigenvalue weighted by molar-refractivity contribution is 0.818. The lowest BCUT2D eigenvalue weighted by atomic mass is 10.4. The van der Waals surface area contributed by atoms with Gasteiger partial charge in [-0.2, -0.15) is 5.10 Å². The van der Waals surface area contributed by atoms with Crippen molar-refractivity contribution in [1.29, 1.82) is 0 Å². The summed E-state index contributed by atoms with van der Waals surface area (Å²) in [5.41, 5.74) is 7.82. The number of fused-ring (bicyclic) bond motifs is 1. The molecule has 5 nitrogen and oxygen atoms in total. The third-order valence-corrected chi connectivity index (χ3v) is 2.87. The van der Waals surface area contributed by atoms with E-state index in [1.165, 1.54) is 0 Å². The smallest absolute Gasteiger partial charge is 0.179 e. The molecule has 0 saturated carbocycles. The minimum Gasteiger partial charge on any atom is -0.395 e. The zero-order chi connectivity index (χ0) is 12.3. The quantitative estimate of drug-likeness (QED) is 0.596. The first-order valence-electron chi connectivity index (χ1n) is 5.15. The Kier molecular flexibility index (Phi) is 10.9. The van der Waals surface area contributed by atoms with Crippen molar-refractivity contribution in [1.82, 2.24) is 19.9 Å². The molecule has 2 heterocycles. The lowest BCUT2D eigenvalue weighted by Gasteiger charge is -1.99. The number of rotatable bonds is 2. The summed E-state index contributed by atoms with van der Waals surface area (Å²) in [6, 6.07) is 0. The minimum atomic E-state index is 0. The molecule has 0 bridgehead atoms. The van der Waals surface area contributed by atoms with E-state index in [9.17, 15) is 0 Å². The van der Waals surface area contributed by atoms with E-state index in [1.54, 1.807) is 16.9 Å². The molecule has 20 heavy (non-hydrogen) atoms. The van der Waals surface area contributed by atoms with Gasteiger partial charge in [0.25, 0.3) is 0 Å². The van der Waals surface area contributed by atoms with Crippen LogP contribution in [0.3, 0.4) is 0 Å². The number of nitrogens with two attached hydrogens (primary N) is 1. The van der Waals surface area contributed by atoms with Crippen molar-refractivity contribution in [3.8, 4) is 11.8 Å². The Morgan fingerprint density at radius 1 is 1.35 bits per heavy atom. The molecule has 0 aliphatic rings. The van der Waals surface area contributed by atoms with Crippen LogP contribution in [-0.2, 0) is 0 Å². The molecule has 2 rings (SSSR count). The maximum atomic E-state index is 5.88. The van der Waals surface area contributed by atoms with Crippen LogP contribution in [0.1, 0.15) is 12.1 Å². The number of nitrogens with zero attached hydrogens (tertiary/aromatic N) is 3. The Balaban J connectivity index is 0. The second-order valence-electron chi connectivity index (χ2n) is 3.44. The zero-order valence-electron chi connectivity index (χ0n) is 10.6. The highest BCUT2D eigenvalue weighted by molar-refractivity contribution is 9.10. The van der Waals surface area contributed by atoms with Gasteiger partial charge in [0.2, 0.25) is 0 Å². The Hall–Kier alpha value is -0.710. The molecule has 3 N–H and O–H groups in total. The molecule has 0 aromatic carbocycles. The number of hydrogen-bond donors (Lipinski definition) is 2. The number of imidazole rings is 1. The van der Waals surface area contributed by atoms with Crippen molar-refractivity contribution < 1.29 is 0 Å². The van der Waals surface area contributed by atoms with E-state index in [1.807, 2.05) is 7.05 Å². The van der Waals surface area contributed by atoms with Crippen molar-refractivity contribution >= 4 is 64.5 Å². The maximum Gasteiger partial charge on any atom is 0.179 e. The first kappa shape index (κ1) is 21.6. The van der Waals surface area contributed by atoms with Crippen LogP contribution in [0.25, 0.3) is 5.65 Å². The number of aromatic nitrogens is 3. The molecule has 0 amide bonds. The summed E-state index contributed by atoms with van der Waals surface area (Å²) in [5, 5.41) is 7.24. The second kappa shape index (κ2) is 10.1. The molecule has 0 radical (unpaired) electrons. The Morgan fingerprint density at radius 2 is 2.05 bits per heavy atom. The zero-order valence-corrected chi connectivity index (χ0v) is 14.6. The van der Waals surface area contributed by atoms with Gasteiger partial charge >= 0.3 is 0 Å². The highest BCUT2D eigenvalue weighted by atomic mass is 79.9. The van der Waals surface area contributed by atoms with E-state index in [0.29, 0.717) is 11.3 Å². The molecule has 0 aliphatic carbocycles. The molecular weight excluding hydrogens is 388 g/mol. The fourth-order valence-electron chi connectivity index (χ4n) is 1.36. The van der Waals surface area contributed by atoms with E-state index in [0.717, 1.165) is 23.1 Å². The van der Waals surface area contributed by atoms with Gasteiger partial charge in [-0.15, -0.1) is 37.2 Å². The van der Waals surface area contributed by atoms with Gasteiger partial charge < -0.3 is 11.1 Å². The average molecular weight is 404 g/mol. The van der Waals surface area contributed by atoms with Crippen molar-refractivity contribution in [2.75, 3.05) is 19.3 Å². The van der Waals surface area contributed by atoms with Gasteiger partial charge in [0.1, 0.15) is 5.69 Å². The summed E-state index contributed by atoms with van der Waals surface area (Å²) in [6.07, 6.45) is 4.11. The van der Waals surface area contributed by atoms with Crippen LogP contribution >= 0.6 is 53.2 Å². The molecule has 0 saturated heterocycles. The summed E-state index contributed by atoms with van der Waals surface area (Å²) < 4.78 is 2.39. The summed E-state index contributed by atoms with van der Waals surface area (Å²) >= 11 is 3.31. The van der Waals surface area contributed by atoms with Crippen LogP contribution in [0, 0.1) is 11.8 Å². The number of hydrogen-bond acceptors (Lipinski definition) is 4. The van der Waals surface area contributed by atoms with Crippen molar-refractivity contribution in [3.63, 3.8) is 0 Å². The number of nitrogens with one attached hydrogen (secondary N) is 1. The third-order valence-electron chi connectivity index (χ3n) is 2.24. The maximum absolute atomic E-state index is 5.88. The Bertz CT molecular complexity index is 605. The van der Waals surface area contributed by atoms with Gasteiger partial charge in [0.05, 0.1) is 22.6 Å². The van der Waals surface area contributed by atoms with Crippen LogP contribution in [-0.4, -0.2) is 28.2 Å². The molecule has 0 fully saturated rings. The summed E-state index contributed by atoms with van der Waals surface area (Å²) in [4.78, 5) is 4.21. The average Bonchev–Trinajstić information content (AvgIpc) is 2.73. The van der Waals surface area contributed by atoms with Gasteiger partial charge in [-0.1, -0.05) is 5.92 Å². The predicted octanol–water partition coefficient (Wildman–Crippen LogP) is 2.30. The molecule has 112 valence electrons. The van der Waals surface area contributed by atoms with Crippen LogP contribution in [0.15, 0.2) is 16.9 Å². The van der Waals surface area contributed by atoms with E-state index in [4.69, 9.17) is 5.73 Å². The van der Waals surface area contributed by atoms with E-state index in [-0.39, 0.29) is 37.2 Å². The van der Waals surface area contributed by atoms with Crippen molar-refractivity contribution in [2.45, 2.75) is 6.42 Å². The van der Waals surface area contributed by atoms with E-state index >= 15 is 0 Å². The number of halogens is 4. The first-order chi connectivity index (χ1) is 8.24. The van der Waals surface area contributed by atoms with Crippen LogP contribution in [0.4, 0.5) is 5.69 Å². The fourth-order valence-corrected chi connectivity index (χ4v) is 1.63. The van der Waals surface area contributed by atoms with Gasteiger partial charge in [0.15, 0.2) is 5.65 Å². The number of anilines is 1. The largest absolute Gasteiger partial charge is 0.395 e. The molecule has 0 aliphatic heterocycles. The monoisotopic (exact) mass is 401 g/mol.